The molecule has 3 N–H and O–H groups in total. The van der Waals surface area contributed by atoms with Crippen molar-refractivity contribution in [2.75, 3.05) is 5.32 Å². The Morgan fingerprint density at radius 2 is 1.69 bits per heavy atom. The van der Waals surface area contributed by atoms with E-state index in [1.165, 1.54) is 0 Å². The average molecular weight is 496 g/mol. The Balaban J connectivity index is 2.07. The fourth-order valence-corrected chi connectivity index (χ4v) is 2.91. The van der Waals surface area contributed by atoms with Gasteiger partial charge in [-0.1, -0.05) is 64.6 Å². The van der Waals surface area contributed by atoms with Crippen LogP contribution in [-0.4, -0.2) is 21.0 Å². The van der Waals surface area contributed by atoms with Crippen molar-refractivity contribution < 1.29 is 4.79 Å². The number of nitrogens with one attached hydrogen (secondary N) is 3. The monoisotopic (exact) mass is 493 g/mol. The highest BCUT2D eigenvalue weighted by Crippen LogP contribution is 2.29. The van der Waals surface area contributed by atoms with Crippen LogP contribution in [0.2, 0.25) is 0 Å². The van der Waals surface area contributed by atoms with Crippen molar-refractivity contribution in [1.29, 1.82) is 0 Å². The number of carbonyl (C=O) groups is 1. The molecule has 2 aromatic rings. The summed E-state index contributed by atoms with van der Waals surface area (Å²) in [5, 5.41) is 8.63. The molecule has 9 heteroatoms. The van der Waals surface area contributed by atoms with Crippen LogP contribution in [0.15, 0.2) is 53.0 Å². The number of halogens is 4. The summed E-state index contributed by atoms with van der Waals surface area (Å²) in [5.74, 6) is -0.391. The van der Waals surface area contributed by atoms with E-state index in [2.05, 4.69) is 31.9 Å². The van der Waals surface area contributed by atoms with E-state index in [0.717, 1.165) is 15.7 Å². The summed E-state index contributed by atoms with van der Waals surface area (Å²) >= 11 is 26.6. The van der Waals surface area contributed by atoms with Crippen LogP contribution in [0.4, 0.5) is 5.69 Å². The highest BCUT2D eigenvalue weighted by atomic mass is 79.9. The number of alkyl halides is 3. The highest BCUT2D eigenvalue weighted by molar-refractivity contribution is 9.10. The summed E-state index contributed by atoms with van der Waals surface area (Å²) in [7, 11) is 0. The number of hydrogen-bond donors (Lipinski definition) is 3. The molecule has 0 unspecified atom stereocenters. The zero-order chi connectivity index (χ0) is 19.3. The lowest BCUT2D eigenvalue weighted by Crippen LogP contribution is -2.56. The predicted molar refractivity (Wildman–Crippen MR) is 116 cm³/mol. The Bertz CT molecular complexity index is 797. The second-order valence-corrected chi connectivity index (χ2v) is 9.02. The lowest BCUT2D eigenvalue weighted by Gasteiger charge is -2.28. The van der Waals surface area contributed by atoms with Crippen LogP contribution in [0.25, 0.3) is 0 Å². The molecule has 4 nitrogen and oxygen atoms in total. The second-order valence-electron chi connectivity index (χ2n) is 5.39. The number of thiocarbonyl (C=S) groups is 1. The number of rotatable bonds is 4. The predicted octanol–water partition coefficient (Wildman–Crippen LogP) is 5.17. The van der Waals surface area contributed by atoms with E-state index in [4.69, 9.17) is 47.0 Å². The summed E-state index contributed by atoms with van der Waals surface area (Å²) < 4.78 is -1.00. The van der Waals surface area contributed by atoms with Crippen molar-refractivity contribution in [3.63, 3.8) is 0 Å². The summed E-state index contributed by atoms with van der Waals surface area (Å²) in [6.07, 6.45) is -1.04. The van der Waals surface area contributed by atoms with Crippen LogP contribution in [0.5, 0.6) is 0 Å². The van der Waals surface area contributed by atoms with Gasteiger partial charge in [0.05, 0.1) is 5.69 Å². The third-order valence-electron chi connectivity index (χ3n) is 3.31. The normalized spacial score (nSPS) is 12.2. The van der Waals surface area contributed by atoms with E-state index in [0.29, 0.717) is 5.56 Å². The fourth-order valence-electron chi connectivity index (χ4n) is 1.97. The smallest absolute Gasteiger partial charge is 0.252 e. The number of amides is 1. The van der Waals surface area contributed by atoms with Crippen molar-refractivity contribution in [1.82, 2.24) is 10.6 Å². The van der Waals surface area contributed by atoms with Crippen LogP contribution >= 0.6 is 63.0 Å². The van der Waals surface area contributed by atoms with Gasteiger partial charge in [0.2, 0.25) is 3.79 Å². The van der Waals surface area contributed by atoms with Crippen LogP contribution in [0.3, 0.4) is 0 Å². The van der Waals surface area contributed by atoms with Crippen LogP contribution in [-0.2, 0) is 0 Å². The Kier molecular flexibility index (Phi) is 7.55. The summed E-state index contributed by atoms with van der Waals surface area (Å²) in [6, 6.07) is 14.4. The number of anilines is 1. The number of carbonyl (C=O) groups excluding carboxylic acids is 1. The van der Waals surface area contributed by atoms with E-state index in [1.54, 1.807) is 12.1 Å². The molecule has 26 heavy (non-hydrogen) atoms. The molecule has 0 saturated heterocycles. The highest BCUT2D eigenvalue weighted by Gasteiger charge is 2.34. The number of hydrogen-bond acceptors (Lipinski definition) is 2. The minimum Gasteiger partial charge on any atom is -0.339 e. The molecule has 0 radical (unpaired) electrons. The van der Waals surface area contributed by atoms with Crippen molar-refractivity contribution in [2.24, 2.45) is 0 Å². The molecule has 0 aliphatic rings. The van der Waals surface area contributed by atoms with E-state index in [1.807, 2.05) is 43.3 Å². The average Bonchev–Trinajstić information content (AvgIpc) is 2.56. The van der Waals surface area contributed by atoms with Gasteiger partial charge in [-0.2, -0.15) is 0 Å². The van der Waals surface area contributed by atoms with Gasteiger partial charge in [0, 0.05) is 10.0 Å². The number of benzene rings is 2. The fraction of sp³-hybridized carbons (Fsp3) is 0.176. The second kappa shape index (κ2) is 9.24. The van der Waals surface area contributed by atoms with Gasteiger partial charge in [0.25, 0.3) is 5.91 Å². The Morgan fingerprint density at radius 1 is 1.08 bits per heavy atom. The molecule has 0 saturated carbocycles. The molecule has 2 aromatic carbocycles. The number of aryl methyl sites for hydroxylation is 1. The summed E-state index contributed by atoms with van der Waals surface area (Å²) in [4.78, 5) is 12.4. The first-order valence-electron chi connectivity index (χ1n) is 7.43. The van der Waals surface area contributed by atoms with Crippen LogP contribution in [0, 0.1) is 6.92 Å². The van der Waals surface area contributed by atoms with Gasteiger partial charge < -0.3 is 16.0 Å². The molecule has 0 bridgehead atoms. The number of para-hydroxylation sites is 1. The van der Waals surface area contributed by atoms with E-state index < -0.39 is 15.9 Å². The third kappa shape index (κ3) is 6.28. The van der Waals surface area contributed by atoms with Gasteiger partial charge in [-0.05, 0) is 59.3 Å². The molecule has 0 aromatic heterocycles. The Labute approximate surface area is 180 Å². The molecule has 0 spiro atoms. The minimum atomic E-state index is -1.82. The molecule has 0 aliphatic heterocycles. The quantitative estimate of drug-likeness (QED) is 0.311. The first-order valence-corrected chi connectivity index (χ1v) is 9.76. The molecular weight excluding hydrogens is 481 g/mol. The SMILES string of the molecule is Cc1ccc(C(=O)N[C@@H](NC(=S)Nc2ccccc2Br)C(Cl)(Cl)Cl)cc1. The van der Waals surface area contributed by atoms with Gasteiger partial charge >= 0.3 is 0 Å². The van der Waals surface area contributed by atoms with Crippen molar-refractivity contribution in [3.8, 4) is 0 Å². The van der Waals surface area contributed by atoms with Gasteiger partial charge in [0.15, 0.2) is 5.11 Å². The van der Waals surface area contributed by atoms with Gasteiger partial charge in [0.1, 0.15) is 6.17 Å². The van der Waals surface area contributed by atoms with Gasteiger partial charge in [-0.15, -0.1) is 0 Å². The van der Waals surface area contributed by atoms with Crippen molar-refractivity contribution >= 4 is 79.7 Å². The zero-order valence-corrected chi connectivity index (χ0v) is 18.2. The molecule has 1 atom stereocenters. The van der Waals surface area contributed by atoms with E-state index >= 15 is 0 Å². The Morgan fingerprint density at radius 3 is 2.27 bits per heavy atom. The van der Waals surface area contributed by atoms with Crippen LogP contribution in [0.1, 0.15) is 15.9 Å². The summed E-state index contributed by atoms with van der Waals surface area (Å²) in [6.45, 7) is 1.93. The lowest BCUT2D eigenvalue weighted by molar-refractivity contribution is 0.0934. The molecular formula is C17H15BrCl3N3OS. The molecule has 0 heterocycles. The lowest BCUT2D eigenvalue weighted by atomic mass is 10.1. The molecule has 0 aliphatic carbocycles. The maximum atomic E-state index is 12.4. The van der Waals surface area contributed by atoms with Crippen molar-refractivity contribution in [3.05, 3.63) is 64.1 Å². The largest absolute Gasteiger partial charge is 0.339 e. The third-order valence-corrected chi connectivity index (χ3v) is 4.88. The summed E-state index contributed by atoms with van der Waals surface area (Å²) in [5.41, 5.74) is 2.22. The van der Waals surface area contributed by atoms with E-state index in [9.17, 15) is 4.79 Å². The maximum Gasteiger partial charge on any atom is 0.252 e. The molecule has 138 valence electrons. The van der Waals surface area contributed by atoms with Crippen LogP contribution < -0.4 is 16.0 Å². The van der Waals surface area contributed by atoms with Gasteiger partial charge in [-0.3, -0.25) is 4.79 Å². The first-order chi connectivity index (χ1) is 12.2. The van der Waals surface area contributed by atoms with Gasteiger partial charge in [-0.25, -0.2) is 0 Å². The molecule has 2 rings (SSSR count). The zero-order valence-electron chi connectivity index (χ0n) is 13.5. The van der Waals surface area contributed by atoms with Crippen molar-refractivity contribution in [2.45, 2.75) is 16.9 Å². The maximum absolute atomic E-state index is 12.4. The first kappa shape index (κ1) is 21.3. The standard InChI is InChI=1S/C17H15BrCl3N3OS/c1-10-6-8-11(9-7-10)14(25)23-15(17(19,20)21)24-16(26)22-13-5-3-2-4-12(13)18/h2-9,15H,1H3,(H,23,25)(H2,22,24,26)/t15-/m0/s1. The Hall–Kier alpha value is -1.05. The minimum absolute atomic E-state index is 0.192. The van der Waals surface area contributed by atoms with E-state index in [-0.39, 0.29) is 5.11 Å². The topological polar surface area (TPSA) is 53.2 Å². The molecule has 0 fully saturated rings. The molecule has 1 amide bonds.